The molecule has 2 aromatic heterocycles. The Hall–Kier alpha value is -2.24. The first-order valence-corrected chi connectivity index (χ1v) is 8.94. The Labute approximate surface area is 147 Å². The van der Waals surface area contributed by atoms with Gasteiger partial charge < -0.3 is 9.15 Å². The van der Waals surface area contributed by atoms with E-state index in [4.69, 9.17) is 25.9 Å². The number of rotatable bonds is 2. The largest absolute Gasteiger partial charge is 0.464 e. The van der Waals surface area contributed by atoms with Crippen LogP contribution in [-0.4, -0.2) is 10.7 Å². The van der Waals surface area contributed by atoms with Crippen LogP contribution < -0.4 is 4.74 Å². The average Bonchev–Trinajstić information content (AvgIpc) is 3.33. The lowest BCUT2D eigenvalue weighted by molar-refractivity contribution is -0.0165. The van der Waals surface area contributed by atoms with Crippen LogP contribution in [0.3, 0.4) is 0 Å². The molecule has 0 N–H and O–H groups in total. The van der Waals surface area contributed by atoms with Crippen LogP contribution in [0.15, 0.2) is 63.6 Å². The fraction of sp³-hybridized carbons (Fsp3) is 0.167. The van der Waals surface area contributed by atoms with Crippen molar-refractivity contribution in [2.45, 2.75) is 18.7 Å². The molecule has 120 valence electrons. The summed E-state index contributed by atoms with van der Waals surface area (Å²) in [7, 11) is 0. The Morgan fingerprint density at radius 1 is 1.21 bits per heavy atom. The number of hydrazone groups is 1. The van der Waals surface area contributed by atoms with E-state index in [2.05, 4.69) is 11.4 Å². The molecule has 4 nitrogen and oxygen atoms in total. The van der Waals surface area contributed by atoms with E-state index in [1.807, 2.05) is 41.4 Å². The molecule has 0 saturated carbocycles. The quantitative estimate of drug-likeness (QED) is 0.630. The van der Waals surface area contributed by atoms with Crippen molar-refractivity contribution in [1.82, 2.24) is 5.01 Å². The summed E-state index contributed by atoms with van der Waals surface area (Å²) in [6, 6.07) is 13.8. The van der Waals surface area contributed by atoms with Crippen LogP contribution in [0.2, 0.25) is 5.02 Å². The third-order valence-corrected chi connectivity index (χ3v) is 5.48. The van der Waals surface area contributed by atoms with Crippen molar-refractivity contribution in [2.24, 2.45) is 5.10 Å². The van der Waals surface area contributed by atoms with Crippen LogP contribution in [0.5, 0.6) is 5.75 Å². The molecule has 2 atom stereocenters. The standard InChI is InChI=1S/C18H13ClN2O2S/c19-11-5-6-15-12(9-11)14-10-13(16-3-1-7-22-16)20-21(14)18(23-15)17-4-2-8-24-17/h1-9,14,18H,10H2/t14-,18-/m0/s1. The Morgan fingerprint density at radius 2 is 2.17 bits per heavy atom. The second-order valence-corrected chi connectivity index (χ2v) is 7.21. The first kappa shape index (κ1) is 14.1. The van der Waals surface area contributed by atoms with E-state index >= 15 is 0 Å². The highest BCUT2D eigenvalue weighted by molar-refractivity contribution is 7.10. The summed E-state index contributed by atoms with van der Waals surface area (Å²) in [6.45, 7) is 0. The minimum absolute atomic E-state index is 0.0969. The molecule has 5 rings (SSSR count). The van der Waals surface area contributed by atoms with Crippen LogP contribution in [0.4, 0.5) is 0 Å². The van der Waals surface area contributed by atoms with Gasteiger partial charge in [-0.2, -0.15) is 5.10 Å². The molecular weight excluding hydrogens is 344 g/mol. The van der Waals surface area contributed by atoms with E-state index in [0.717, 1.165) is 34.1 Å². The number of benzene rings is 1. The second-order valence-electron chi connectivity index (χ2n) is 5.79. The minimum atomic E-state index is -0.226. The molecule has 2 aliphatic heterocycles. The first-order chi connectivity index (χ1) is 11.8. The van der Waals surface area contributed by atoms with Gasteiger partial charge in [-0.25, -0.2) is 5.01 Å². The van der Waals surface area contributed by atoms with Gasteiger partial charge in [0.25, 0.3) is 0 Å². The van der Waals surface area contributed by atoms with E-state index < -0.39 is 0 Å². The van der Waals surface area contributed by atoms with Crippen LogP contribution in [0.1, 0.15) is 34.9 Å². The fourth-order valence-electron chi connectivity index (χ4n) is 3.27. The summed E-state index contributed by atoms with van der Waals surface area (Å²) in [5, 5.41) is 9.60. The molecule has 2 aliphatic rings. The molecule has 0 radical (unpaired) electrons. The molecule has 0 fully saturated rings. The molecule has 4 heterocycles. The van der Waals surface area contributed by atoms with Gasteiger partial charge in [-0.1, -0.05) is 17.7 Å². The van der Waals surface area contributed by atoms with Gasteiger partial charge in [-0.05, 0) is 41.8 Å². The maximum absolute atomic E-state index is 6.25. The fourth-order valence-corrected chi connectivity index (χ4v) is 4.19. The molecule has 6 heteroatoms. The van der Waals surface area contributed by atoms with Crippen LogP contribution in [0.25, 0.3) is 0 Å². The van der Waals surface area contributed by atoms with Gasteiger partial charge in [-0.15, -0.1) is 11.3 Å². The molecule has 1 aromatic carbocycles. The minimum Gasteiger partial charge on any atom is -0.464 e. The van der Waals surface area contributed by atoms with Gasteiger partial charge in [0.15, 0.2) is 0 Å². The van der Waals surface area contributed by atoms with Gasteiger partial charge in [0, 0.05) is 17.0 Å². The van der Waals surface area contributed by atoms with Crippen LogP contribution in [-0.2, 0) is 0 Å². The van der Waals surface area contributed by atoms with Crippen molar-refractivity contribution in [3.05, 3.63) is 75.3 Å². The summed E-state index contributed by atoms with van der Waals surface area (Å²) in [5.74, 6) is 1.67. The van der Waals surface area contributed by atoms with Gasteiger partial charge >= 0.3 is 0 Å². The molecule has 0 unspecified atom stereocenters. The Kier molecular flexibility index (Phi) is 3.18. The molecule has 0 spiro atoms. The number of hydrogen-bond donors (Lipinski definition) is 0. The van der Waals surface area contributed by atoms with Gasteiger partial charge in [-0.3, -0.25) is 0 Å². The normalized spacial score (nSPS) is 21.9. The SMILES string of the molecule is Clc1ccc2c(c1)[C@@H]1CC(c3ccco3)=NN1[C@H](c1cccs1)O2. The van der Waals surface area contributed by atoms with Crippen molar-refractivity contribution < 1.29 is 9.15 Å². The number of hydrogen-bond acceptors (Lipinski definition) is 5. The van der Waals surface area contributed by atoms with Crippen LogP contribution >= 0.6 is 22.9 Å². The summed E-state index contributed by atoms with van der Waals surface area (Å²) in [4.78, 5) is 1.13. The zero-order chi connectivity index (χ0) is 16.1. The van der Waals surface area contributed by atoms with Gasteiger partial charge in [0.1, 0.15) is 17.2 Å². The third kappa shape index (κ3) is 2.16. The number of furan rings is 1. The van der Waals surface area contributed by atoms with Crippen molar-refractivity contribution in [2.75, 3.05) is 0 Å². The van der Waals surface area contributed by atoms with Crippen molar-refractivity contribution in [3.8, 4) is 5.75 Å². The maximum Gasteiger partial charge on any atom is 0.222 e. The highest BCUT2D eigenvalue weighted by Crippen LogP contribution is 2.48. The second kappa shape index (κ2) is 5.40. The maximum atomic E-state index is 6.25. The lowest BCUT2D eigenvalue weighted by Gasteiger charge is -2.37. The third-order valence-electron chi connectivity index (χ3n) is 4.34. The van der Waals surface area contributed by atoms with E-state index in [-0.39, 0.29) is 12.3 Å². The first-order valence-electron chi connectivity index (χ1n) is 7.69. The van der Waals surface area contributed by atoms with E-state index in [1.54, 1.807) is 17.6 Å². The topological polar surface area (TPSA) is 38.0 Å². The molecule has 24 heavy (non-hydrogen) atoms. The Bertz CT molecular complexity index is 905. The smallest absolute Gasteiger partial charge is 0.222 e. The molecule has 0 bridgehead atoms. The summed E-state index contributed by atoms with van der Waals surface area (Å²) in [6.07, 6.45) is 2.22. The zero-order valence-corrected chi connectivity index (χ0v) is 14.1. The van der Waals surface area contributed by atoms with E-state index in [0.29, 0.717) is 5.02 Å². The number of nitrogens with zero attached hydrogens (tertiary/aromatic N) is 2. The molecular formula is C18H13ClN2O2S. The zero-order valence-electron chi connectivity index (χ0n) is 12.6. The molecule has 0 saturated heterocycles. The number of fused-ring (bicyclic) bond motifs is 3. The molecule has 0 aliphatic carbocycles. The summed E-state index contributed by atoms with van der Waals surface area (Å²) >= 11 is 7.88. The van der Waals surface area contributed by atoms with Crippen LogP contribution in [0, 0.1) is 0 Å². The lowest BCUT2D eigenvalue weighted by Crippen LogP contribution is -2.33. The predicted molar refractivity (Wildman–Crippen MR) is 93.6 cm³/mol. The van der Waals surface area contributed by atoms with E-state index in [9.17, 15) is 0 Å². The molecule has 3 aromatic rings. The predicted octanol–water partition coefficient (Wildman–Crippen LogP) is 5.24. The number of thiophene rings is 1. The highest BCUT2D eigenvalue weighted by atomic mass is 35.5. The summed E-state index contributed by atoms with van der Waals surface area (Å²) in [5.41, 5.74) is 2.00. The Balaban J connectivity index is 1.62. The number of ether oxygens (including phenoxy) is 1. The summed E-state index contributed by atoms with van der Waals surface area (Å²) < 4.78 is 11.8. The van der Waals surface area contributed by atoms with E-state index in [1.165, 1.54) is 0 Å². The Morgan fingerprint density at radius 3 is 2.96 bits per heavy atom. The van der Waals surface area contributed by atoms with Crippen molar-refractivity contribution in [1.29, 1.82) is 0 Å². The lowest BCUT2D eigenvalue weighted by atomic mass is 9.98. The molecule has 0 amide bonds. The average molecular weight is 357 g/mol. The van der Waals surface area contributed by atoms with Gasteiger partial charge in [0.2, 0.25) is 6.23 Å². The van der Waals surface area contributed by atoms with Crippen molar-refractivity contribution >= 4 is 28.6 Å². The monoisotopic (exact) mass is 356 g/mol. The number of halogens is 1. The van der Waals surface area contributed by atoms with Crippen molar-refractivity contribution in [3.63, 3.8) is 0 Å². The highest BCUT2D eigenvalue weighted by Gasteiger charge is 2.41. The van der Waals surface area contributed by atoms with Gasteiger partial charge in [0.05, 0.1) is 17.2 Å².